The number of ether oxygens (including phenoxy) is 1. The molecule has 5 nitrogen and oxygen atoms in total. The Labute approximate surface area is 153 Å². The fraction of sp³-hybridized carbons (Fsp3) is 0.238. The van der Waals surface area contributed by atoms with Gasteiger partial charge in [0.05, 0.1) is 6.54 Å². The molecule has 134 valence electrons. The third kappa shape index (κ3) is 7.54. The van der Waals surface area contributed by atoms with Gasteiger partial charge in [-0.15, -0.1) is 0 Å². The van der Waals surface area contributed by atoms with Gasteiger partial charge in [0.25, 0.3) is 0 Å². The number of aliphatic carboxylic acids is 1. The van der Waals surface area contributed by atoms with Crippen LogP contribution in [0, 0.1) is 11.8 Å². The highest BCUT2D eigenvalue weighted by atomic mass is 16.5. The molecule has 0 bridgehead atoms. The maximum absolute atomic E-state index is 11.6. The number of carboxylic acids is 1. The maximum atomic E-state index is 11.6. The normalized spacial score (nSPS) is 9.69. The number of rotatable bonds is 7. The zero-order valence-electron chi connectivity index (χ0n) is 14.4. The van der Waals surface area contributed by atoms with Crippen molar-refractivity contribution in [3.05, 3.63) is 71.3 Å². The van der Waals surface area contributed by atoms with Crippen LogP contribution < -0.4 is 5.32 Å². The lowest BCUT2D eigenvalue weighted by Gasteiger charge is -2.04. The van der Waals surface area contributed by atoms with Gasteiger partial charge in [-0.1, -0.05) is 54.3 Å². The molecule has 2 aromatic carbocycles. The van der Waals surface area contributed by atoms with Crippen LogP contribution in [0.15, 0.2) is 54.6 Å². The molecule has 0 saturated carbocycles. The van der Waals surface area contributed by atoms with Crippen molar-refractivity contribution in [3.63, 3.8) is 0 Å². The van der Waals surface area contributed by atoms with Crippen molar-refractivity contribution in [3.8, 4) is 11.8 Å². The van der Waals surface area contributed by atoms with Crippen molar-refractivity contribution in [2.24, 2.45) is 0 Å². The van der Waals surface area contributed by atoms with Crippen molar-refractivity contribution in [1.82, 2.24) is 5.32 Å². The molecule has 2 N–H and O–H groups in total. The van der Waals surface area contributed by atoms with Crippen LogP contribution in [-0.2, 0) is 22.6 Å². The Morgan fingerprint density at radius 2 is 1.73 bits per heavy atom. The second-order valence-corrected chi connectivity index (χ2v) is 5.66. The Morgan fingerprint density at radius 3 is 2.42 bits per heavy atom. The van der Waals surface area contributed by atoms with E-state index in [2.05, 4.69) is 17.2 Å². The van der Waals surface area contributed by atoms with E-state index in [0.717, 1.165) is 23.1 Å². The van der Waals surface area contributed by atoms with Crippen molar-refractivity contribution in [1.29, 1.82) is 0 Å². The fourth-order valence-corrected chi connectivity index (χ4v) is 2.24. The van der Waals surface area contributed by atoms with E-state index in [1.807, 2.05) is 54.6 Å². The predicted molar refractivity (Wildman–Crippen MR) is 98.5 cm³/mol. The van der Waals surface area contributed by atoms with Crippen LogP contribution in [0.1, 0.15) is 29.5 Å². The summed E-state index contributed by atoms with van der Waals surface area (Å²) in [7, 11) is 0. The summed E-state index contributed by atoms with van der Waals surface area (Å²) in [6, 6.07) is 17.1. The van der Waals surface area contributed by atoms with Crippen LogP contribution in [0.25, 0.3) is 0 Å². The molecule has 1 amide bonds. The summed E-state index contributed by atoms with van der Waals surface area (Å²) in [4.78, 5) is 22.1. The zero-order valence-corrected chi connectivity index (χ0v) is 14.4. The summed E-state index contributed by atoms with van der Waals surface area (Å²) in [6.45, 7) is 0.428. The van der Waals surface area contributed by atoms with Crippen LogP contribution in [0.4, 0.5) is 4.79 Å². The first-order chi connectivity index (χ1) is 12.6. The molecule has 0 heterocycles. The highest BCUT2D eigenvalue weighted by molar-refractivity contribution is 5.67. The van der Waals surface area contributed by atoms with Crippen molar-refractivity contribution >= 4 is 12.1 Å². The Balaban J connectivity index is 1.68. The molecule has 0 saturated heterocycles. The van der Waals surface area contributed by atoms with Gasteiger partial charge in [-0.25, -0.2) is 4.79 Å². The van der Waals surface area contributed by atoms with Crippen LogP contribution in [0.2, 0.25) is 0 Å². The van der Waals surface area contributed by atoms with Gasteiger partial charge >= 0.3 is 12.1 Å². The van der Waals surface area contributed by atoms with Gasteiger partial charge in [-0.2, -0.15) is 0 Å². The molecule has 0 atom stereocenters. The summed E-state index contributed by atoms with van der Waals surface area (Å²) in [5.41, 5.74) is 2.85. The van der Waals surface area contributed by atoms with Crippen LogP contribution in [0.5, 0.6) is 0 Å². The Kier molecular flexibility index (Phi) is 7.75. The molecule has 26 heavy (non-hydrogen) atoms. The minimum Gasteiger partial charge on any atom is -0.481 e. The smallest absolute Gasteiger partial charge is 0.408 e. The monoisotopic (exact) mass is 351 g/mol. The number of alkyl carbamates (subject to hydrolysis) is 1. The second kappa shape index (κ2) is 10.6. The van der Waals surface area contributed by atoms with Crippen molar-refractivity contribution < 1.29 is 19.4 Å². The first-order valence-corrected chi connectivity index (χ1v) is 8.37. The third-order valence-corrected chi connectivity index (χ3v) is 3.58. The van der Waals surface area contributed by atoms with Gasteiger partial charge in [0.1, 0.15) is 6.61 Å². The summed E-state index contributed by atoms with van der Waals surface area (Å²) < 4.78 is 5.09. The largest absolute Gasteiger partial charge is 0.481 e. The number of hydrogen-bond acceptors (Lipinski definition) is 3. The van der Waals surface area contributed by atoms with E-state index < -0.39 is 12.1 Å². The minimum absolute atomic E-state index is 0.174. The lowest BCUT2D eigenvalue weighted by Crippen LogP contribution is -2.24. The predicted octanol–water partition coefficient (Wildman–Crippen LogP) is 3.37. The molecule has 0 aliphatic heterocycles. The van der Waals surface area contributed by atoms with E-state index in [1.54, 1.807) is 0 Å². The number of hydrogen-bond donors (Lipinski definition) is 2. The molecule has 0 unspecified atom stereocenters. The van der Waals surface area contributed by atoms with Crippen LogP contribution >= 0.6 is 0 Å². The average Bonchev–Trinajstić information content (AvgIpc) is 2.65. The SMILES string of the molecule is O=C(O)CCCc1ccc(C#CCNC(=O)OCc2ccccc2)cc1. The van der Waals surface area contributed by atoms with Crippen molar-refractivity contribution in [2.75, 3.05) is 6.54 Å². The fourth-order valence-electron chi connectivity index (χ4n) is 2.24. The van der Waals surface area contributed by atoms with E-state index >= 15 is 0 Å². The number of benzene rings is 2. The number of carbonyl (C=O) groups is 2. The zero-order chi connectivity index (χ0) is 18.6. The van der Waals surface area contributed by atoms with E-state index in [4.69, 9.17) is 9.84 Å². The average molecular weight is 351 g/mol. The van der Waals surface area contributed by atoms with E-state index in [9.17, 15) is 9.59 Å². The molecule has 2 rings (SSSR count). The Hall–Kier alpha value is -3.26. The highest BCUT2D eigenvalue weighted by Crippen LogP contribution is 2.07. The highest BCUT2D eigenvalue weighted by Gasteiger charge is 2.00. The topological polar surface area (TPSA) is 75.6 Å². The molecule has 0 aromatic heterocycles. The first kappa shape index (κ1) is 19.1. The number of carbonyl (C=O) groups excluding carboxylic acids is 1. The van der Waals surface area contributed by atoms with Crippen molar-refractivity contribution in [2.45, 2.75) is 25.9 Å². The summed E-state index contributed by atoms with van der Waals surface area (Å²) in [5.74, 6) is 5.05. The summed E-state index contributed by atoms with van der Waals surface area (Å²) in [6.07, 6.45) is 1.02. The van der Waals surface area contributed by atoms with Gasteiger partial charge in [0.15, 0.2) is 0 Å². The van der Waals surface area contributed by atoms with E-state index in [1.165, 1.54) is 0 Å². The maximum Gasteiger partial charge on any atom is 0.408 e. The van der Waals surface area contributed by atoms with Gasteiger partial charge in [-0.3, -0.25) is 4.79 Å². The molecular formula is C21H21NO4. The van der Waals surface area contributed by atoms with Crippen LogP contribution in [0.3, 0.4) is 0 Å². The third-order valence-electron chi connectivity index (χ3n) is 3.58. The molecule has 0 aliphatic carbocycles. The molecule has 0 fully saturated rings. The first-order valence-electron chi connectivity index (χ1n) is 8.37. The Morgan fingerprint density at radius 1 is 1.00 bits per heavy atom. The van der Waals surface area contributed by atoms with Gasteiger partial charge < -0.3 is 15.2 Å². The quantitative estimate of drug-likeness (QED) is 0.750. The number of nitrogens with one attached hydrogen (secondary N) is 1. The molecule has 2 aromatic rings. The molecule has 0 aliphatic rings. The number of aryl methyl sites for hydroxylation is 1. The van der Waals surface area contributed by atoms with E-state index in [0.29, 0.717) is 6.42 Å². The standard InChI is InChI=1S/C21H21NO4/c23-20(24)10-4-8-17-11-13-18(14-12-17)9-5-15-22-21(25)26-16-19-6-2-1-3-7-19/h1-3,6-7,11-14H,4,8,10,15-16H2,(H,22,25)(H,23,24). The molecule has 0 spiro atoms. The van der Waals surface area contributed by atoms with Gasteiger partial charge in [0.2, 0.25) is 0 Å². The summed E-state index contributed by atoms with van der Waals surface area (Å²) >= 11 is 0. The molecular weight excluding hydrogens is 330 g/mol. The molecule has 5 heteroatoms. The minimum atomic E-state index is -0.776. The molecule has 0 radical (unpaired) electrons. The van der Waals surface area contributed by atoms with Gasteiger partial charge in [0, 0.05) is 12.0 Å². The van der Waals surface area contributed by atoms with Crippen LogP contribution in [-0.4, -0.2) is 23.7 Å². The lowest BCUT2D eigenvalue weighted by molar-refractivity contribution is -0.137. The number of amides is 1. The lowest BCUT2D eigenvalue weighted by atomic mass is 10.1. The van der Waals surface area contributed by atoms with E-state index in [-0.39, 0.29) is 19.6 Å². The van der Waals surface area contributed by atoms with Gasteiger partial charge in [-0.05, 0) is 36.1 Å². The number of carboxylic acid groups (broad SMARTS) is 1. The second-order valence-electron chi connectivity index (χ2n) is 5.66. The summed E-state index contributed by atoms with van der Waals surface area (Å²) in [5, 5.41) is 11.2. The Bertz CT molecular complexity index is 773.